The predicted octanol–water partition coefficient (Wildman–Crippen LogP) is 2.06. The zero-order chi connectivity index (χ0) is 13.2. The van der Waals surface area contributed by atoms with E-state index in [1.54, 1.807) is 17.1 Å². The molecule has 0 aliphatic heterocycles. The van der Waals surface area contributed by atoms with E-state index in [0.29, 0.717) is 17.6 Å². The summed E-state index contributed by atoms with van der Waals surface area (Å²) in [7, 11) is 0. The molecule has 0 spiro atoms. The molecule has 1 fully saturated rings. The van der Waals surface area contributed by atoms with Crippen LogP contribution in [0.3, 0.4) is 0 Å². The number of hydrogen-bond acceptors (Lipinski definition) is 3. The smallest absolute Gasteiger partial charge is 0.254 e. The van der Waals surface area contributed by atoms with Crippen LogP contribution in [0.5, 0.6) is 0 Å². The molecular formula is C13H15ClN4O. The Bertz CT molecular complexity index is 616. The lowest BCUT2D eigenvalue weighted by molar-refractivity contribution is 0.528. The van der Waals surface area contributed by atoms with Crippen molar-refractivity contribution in [2.75, 3.05) is 0 Å². The summed E-state index contributed by atoms with van der Waals surface area (Å²) in [6.07, 6.45) is 8.54. The zero-order valence-corrected chi connectivity index (χ0v) is 11.3. The fourth-order valence-corrected chi connectivity index (χ4v) is 2.38. The van der Waals surface area contributed by atoms with Crippen molar-refractivity contribution >= 4 is 11.6 Å². The molecule has 100 valence electrons. The van der Waals surface area contributed by atoms with E-state index < -0.39 is 0 Å². The summed E-state index contributed by atoms with van der Waals surface area (Å²) in [5.74, 6) is 1.27. The first-order valence-corrected chi connectivity index (χ1v) is 6.85. The summed E-state index contributed by atoms with van der Waals surface area (Å²) in [5.41, 5.74) is -0.0486. The Hall–Kier alpha value is -1.62. The van der Waals surface area contributed by atoms with Gasteiger partial charge in [-0.3, -0.25) is 9.36 Å². The minimum Gasteiger partial charge on any atom is -0.337 e. The highest BCUT2D eigenvalue weighted by molar-refractivity contribution is 6.29. The van der Waals surface area contributed by atoms with Gasteiger partial charge in [0.2, 0.25) is 0 Å². The minimum absolute atomic E-state index is 0.0486. The van der Waals surface area contributed by atoms with Gasteiger partial charge in [0.05, 0.1) is 6.33 Å². The molecule has 0 unspecified atom stereocenters. The Morgan fingerprint density at radius 2 is 2.21 bits per heavy atom. The lowest BCUT2D eigenvalue weighted by atomic mass is 10.3. The van der Waals surface area contributed by atoms with Gasteiger partial charge in [-0.05, 0) is 19.3 Å². The third-order valence-electron chi connectivity index (χ3n) is 3.31. The van der Waals surface area contributed by atoms with E-state index in [9.17, 15) is 4.79 Å². The van der Waals surface area contributed by atoms with Crippen LogP contribution in [0.1, 0.15) is 31.0 Å². The van der Waals surface area contributed by atoms with Crippen molar-refractivity contribution in [1.82, 2.24) is 19.1 Å². The van der Waals surface area contributed by atoms with Gasteiger partial charge in [0.25, 0.3) is 5.56 Å². The Labute approximate surface area is 115 Å². The largest absolute Gasteiger partial charge is 0.337 e. The molecule has 0 radical (unpaired) electrons. The van der Waals surface area contributed by atoms with E-state index in [4.69, 9.17) is 11.6 Å². The van der Waals surface area contributed by atoms with Gasteiger partial charge in [0, 0.05) is 37.5 Å². The normalized spacial score (nSPS) is 14.8. The van der Waals surface area contributed by atoms with E-state index in [-0.39, 0.29) is 5.56 Å². The van der Waals surface area contributed by atoms with Crippen LogP contribution in [0.25, 0.3) is 0 Å². The van der Waals surface area contributed by atoms with Crippen molar-refractivity contribution < 1.29 is 0 Å². The summed E-state index contributed by atoms with van der Waals surface area (Å²) >= 11 is 5.87. The van der Waals surface area contributed by atoms with E-state index in [0.717, 1.165) is 31.6 Å². The van der Waals surface area contributed by atoms with Crippen LogP contribution in [0.4, 0.5) is 0 Å². The van der Waals surface area contributed by atoms with Gasteiger partial charge in [-0.2, -0.15) is 0 Å². The van der Waals surface area contributed by atoms with Crippen molar-refractivity contribution in [1.29, 1.82) is 0 Å². The number of aromatic nitrogens is 4. The van der Waals surface area contributed by atoms with Gasteiger partial charge in [0.15, 0.2) is 0 Å². The monoisotopic (exact) mass is 278 g/mol. The van der Waals surface area contributed by atoms with Crippen LogP contribution >= 0.6 is 11.6 Å². The van der Waals surface area contributed by atoms with Crippen molar-refractivity contribution in [2.24, 2.45) is 0 Å². The molecule has 2 aromatic heterocycles. The summed E-state index contributed by atoms with van der Waals surface area (Å²) in [6, 6.07) is 1.39. The first-order chi connectivity index (χ1) is 9.24. The predicted molar refractivity (Wildman–Crippen MR) is 72.3 cm³/mol. The van der Waals surface area contributed by atoms with Gasteiger partial charge in [0.1, 0.15) is 11.0 Å². The molecule has 0 saturated heterocycles. The molecule has 0 aromatic carbocycles. The lowest BCUT2D eigenvalue weighted by Crippen LogP contribution is -2.24. The number of imidazole rings is 1. The van der Waals surface area contributed by atoms with Crippen LogP contribution in [0, 0.1) is 0 Å². The topological polar surface area (TPSA) is 52.7 Å². The standard InChI is InChI=1S/C13H15ClN4O/c14-11-8-12(19)18(13(16-11)10-2-3-10)6-1-5-17-7-4-15-9-17/h4,7-10H,1-3,5-6H2. The van der Waals surface area contributed by atoms with Crippen molar-refractivity contribution in [3.8, 4) is 0 Å². The van der Waals surface area contributed by atoms with Gasteiger partial charge in [-0.1, -0.05) is 11.6 Å². The molecule has 3 rings (SSSR count). The maximum absolute atomic E-state index is 12.0. The minimum atomic E-state index is -0.0486. The molecule has 5 nitrogen and oxygen atoms in total. The molecular weight excluding hydrogens is 264 g/mol. The molecule has 6 heteroatoms. The molecule has 2 aromatic rings. The number of rotatable bonds is 5. The maximum atomic E-state index is 12.0. The average molecular weight is 279 g/mol. The molecule has 0 bridgehead atoms. The average Bonchev–Trinajstić information content (AvgIpc) is 3.09. The molecule has 0 amide bonds. The van der Waals surface area contributed by atoms with E-state index in [1.165, 1.54) is 6.07 Å². The van der Waals surface area contributed by atoms with Crippen LogP contribution in [0.15, 0.2) is 29.6 Å². The third kappa shape index (κ3) is 2.87. The third-order valence-corrected chi connectivity index (χ3v) is 3.50. The Morgan fingerprint density at radius 1 is 1.37 bits per heavy atom. The summed E-state index contributed by atoms with van der Waals surface area (Å²) < 4.78 is 3.77. The molecule has 19 heavy (non-hydrogen) atoms. The van der Waals surface area contributed by atoms with Crippen molar-refractivity contribution in [2.45, 2.75) is 38.3 Å². The highest BCUT2D eigenvalue weighted by Crippen LogP contribution is 2.38. The van der Waals surface area contributed by atoms with Crippen LogP contribution < -0.4 is 5.56 Å². The molecule has 0 atom stereocenters. The SMILES string of the molecule is O=c1cc(Cl)nc(C2CC2)n1CCCn1ccnc1. The molecule has 2 heterocycles. The zero-order valence-electron chi connectivity index (χ0n) is 10.5. The Balaban J connectivity index is 1.74. The van der Waals surface area contributed by atoms with Crippen LogP contribution in [0.2, 0.25) is 5.15 Å². The van der Waals surface area contributed by atoms with Gasteiger partial charge >= 0.3 is 0 Å². The highest BCUT2D eigenvalue weighted by atomic mass is 35.5. The summed E-state index contributed by atoms with van der Waals surface area (Å²) in [5, 5.41) is 0.303. The fraction of sp³-hybridized carbons (Fsp3) is 0.462. The Kier molecular flexibility index (Phi) is 3.38. The van der Waals surface area contributed by atoms with Crippen LogP contribution in [-0.4, -0.2) is 19.1 Å². The van der Waals surface area contributed by atoms with Gasteiger partial charge in [-0.25, -0.2) is 9.97 Å². The molecule has 1 aliphatic rings. The number of aryl methyl sites for hydroxylation is 1. The van der Waals surface area contributed by atoms with E-state index in [1.807, 2.05) is 10.8 Å². The quantitative estimate of drug-likeness (QED) is 0.787. The summed E-state index contributed by atoms with van der Waals surface area (Å²) in [6.45, 7) is 1.52. The fourth-order valence-electron chi connectivity index (χ4n) is 2.20. The first-order valence-electron chi connectivity index (χ1n) is 6.47. The highest BCUT2D eigenvalue weighted by Gasteiger charge is 2.28. The van der Waals surface area contributed by atoms with Gasteiger partial charge < -0.3 is 4.57 Å². The van der Waals surface area contributed by atoms with Crippen molar-refractivity contribution in [3.63, 3.8) is 0 Å². The Morgan fingerprint density at radius 3 is 2.89 bits per heavy atom. The van der Waals surface area contributed by atoms with Gasteiger partial charge in [-0.15, -0.1) is 0 Å². The second kappa shape index (κ2) is 5.17. The number of hydrogen-bond donors (Lipinski definition) is 0. The second-order valence-electron chi connectivity index (χ2n) is 4.86. The lowest BCUT2D eigenvalue weighted by Gasteiger charge is -2.11. The molecule has 1 aliphatic carbocycles. The first kappa shape index (κ1) is 12.4. The summed E-state index contributed by atoms with van der Waals surface area (Å²) in [4.78, 5) is 20.3. The van der Waals surface area contributed by atoms with Crippen LogP contribution in [-0.2, 0) is 13.1 Å². The van der Waals surface area contributed by atoms with E-state index >= 15 is 0 Å². The molecule has 1 saturated carbocycles. The maximum Gasteiger partial charge on any atom is 0.254 e. The number of nitrogens with zero attached hydrogens (tertiary/aromatic N) is 4. The molecule has 0 N–H and O–H groups in total. The number of halogens is 1. The second-order valence-corrected chi connectivity index (χ2v) is 5.24. The van der Waals surface area contributed by atoms with E-state index in [2.05, 4.69) is 9.97 Å². The van der Waals surface area contributed by atoms with Crippen molar-refractivity contribution in [3.05, 3.63) is 46.1 Å².